The summed E-state index contributed by atoms with van der Waals surface area (Å²) in [5.74, 6) is -1.76. The normalized spacial score (nSPS) is 17.4. The van der Waals surface area contributed by atoms with E-state index in [1.165, 1.54) is 18.2 Å². The lowest BCUT2D eigenvalue weighted by molar-refractivity contribution is -0.140. The summed E-state index contributed by atoms with van der Waals surface area (Å²) in [6.45, 7) is 5.32. The molecular formula is C23H26B2O12. The lowest BCUT2D eigenvalue weighted by Gasteiger charge is -2.13. The van der Waals surface area contributed by atoms with Crippen LogP contribution in [-0.2, 0) is 23.6 Å². The predicted molar refractivity (Wildman–Crippen MR) is 129 cm³/mol. The Morgan fingerprint density at radius 1 is 0.865 bits per heavy atom. The van der Waals surface area contributed by atoms with Crippen LogP contribution in [0.3, 0.4) is 0 Å². The average Bonchev–Trinajstić information content (AvgIpc) is 3.24. The van der Waals surface area contributed by atoms with Gasteiger partial charge in [0, 0.05) is 0 Å². The van der Waals surface area contributed by atoms with Gasteiger partial charge in [0.1, 0.15) is 11.5 Å². The maximum atomic E-state index is 11.3. The van der Waals surface area contributed by atoms with Crippen LogP contribution in [-0.4, -0.2) is 64.3 Å². The van der Waals surface area contributed by atoms with Crippen LogP contribution in [0.4, 0.5) is 4.79 Å². The molecule has 12 nitrogen and oxygen atoms in total. The van der Waals surface area contributed by atoms with Crippen LogP contribution < -0.4 is 15.7 Å². The topological polar surface area (TPSA) is 189 Å². The van der Waals surface area contributed by atoms with E-state index in [4.69, 9.17) is 24.3 Å². The molecule has 14 heteroatoms. The number of hydrogen-bond acceptors (Lipinski definition) is 10. The molecule has 0 amide bonds. The smallest absolute Gasteiger partial charge is 0.508 e. The van der Waals surface area contributed by atoms with E-state index in [2.05, 4.69) is 4.74 Å². The fourth-order valence-electron chi connectivity index (χ4n) is 4.40. The number of rotatable bonds is 6. The van der Waals surface area contributed by atoms with Gasteiger partial charge in [0.15, 0.2) is 0 Å². The lowest BCUT2D eigenvalue weighted by Crippen LogP contribution is -2.28. The summed E-state index contributed by atoms with van der Waals surface area (Å²) >= 11 is 0. The minimum absolute atomic E-state index is 0.0369. The minimum atomic E-state index is -1.24. The van der Waals surface area contributed by atoms with Gasteiger partial charge >= 0.3 is 32.3 Å². The SMILES string of the molecule is CCOC(=O)Oc1cc(C)c2c(c1)B(O)OC2CC(=O)O.Cc1cc(O)cc2c1C(CC(=O)O)OB2O. The number of hydrogen-bond donors (Lipinski definition) is 5. The van der Waals surface area contributed by atoms with Crippen molar-refractivity contribution < 1.29 is 58.5 Å². The number of benzene rings is 2. The Morgan fingerprint density at radius 2 is 1.35 bits per heavy atom. The van der Waals surface area contributed by atoms with Crippen LogP contribution in [0, 0.1) is 13.8 Å². The molecule has 0 saturated heterocycles. The third-order valence-corrected chi connectivity index (χ3v) is 5.74. The molecule has 2 aromatic carbocycles. The Kier molecular flexibility index (Phi) is 8.81. The summed E-state index contributed by atoms with van der Waals surface area (Å²) in [4.78, 5) is 32.8. The molecule has 0 bridgehead atoms. The van der Waals surface area contributed by atoms with Crippen LogP contribution in [0.25, 0.3) is 0 Å². The number of carboxylic acid groups (broad SMARTS) is 2. The molecule has 0 fully saturated rings. The lowest BCUT2D eigenvalue weighted by atomic mass is 9.77. The number of carbonyl (C=O) groups is 3. The number of phenolic OH excluding ortho intramolecular Hbond substituents is 1. The van der Waals surface area contributed by atoms with E-state index in [0.717, 1.165) is 5.56 Å². The number of aryl methyl sites for hydroxylation is 2. The minimum Gasteiger partial charge on any atom is -0.508 e. The molecule has 0 saturated carbocycles. The molecule has 2 heterocycles. The Balaban J connectivity index is 0.000000213. The van der Waals surface area contributed by atoms with Crippen LogP contribution >= 0.6 is 0 Å². The van der Waals surface area contributed by atoms with Gasteiger partial charge in [-0.3, -0.25) is 9.59 Å². The van der Waals surface area contributed by atoms with Gasteiger partial charge in [-0.2, -0.15) is 0 Å². The maximum absolute atomic E-state index is 11.3. The monoisotopic (exact) mass is 516 g/mol. The Bertz CT molecular complexity index is 1200. The standard InChI is InChI=1S/C13H15BO7.C10H11BO5/c1-3-19-13(17)20-8-4-7(2)12-9(5-8)14(18)21-10(12)6-11(15)16;1-5-2-6(12)3-7-10(5)8(4-9(13)14)16-11(7)15/h4-5,10,18H,3,6H2,1-2H3,(H,15,16);2-3,8,12,15H,4H2,1H3,(H,13,14). The Labute approximate surface area is 212 Å². The molecule has 4 rings (SSSR count). The fraction of sp³-hybridized carbons (Fsp3) is 0.348. The van der Waals surface area contributed by atoms with Crippen LogP contribution in [0.1, 0.15) is 54.2 Å². The number of aromatic hydroxyl groups is 1. The quantitative estimate of drug-likeness (QED) is 0.206. The van der Waals surface area contributed by atoms with Gasteiger partial charge < -0.3 is 44.2 Å². The van der Waals surface area contributed by atoms with Crippen LogP contribution in [0.15, 0.2) is 24.3 Å². The number of aliphatic carboxylic acids is 2. The molecule has 2 aliphatic heterocycles. The van der Waals surface area contributed by atoms with Crippen molar-refractivity contribution in [3.63, 3.8) is 0 Å². The molecule has 37 heavy (non-hydrogen) atoms. The molecule has 2 aliphatic rings. The summed E-state index contributed by atoms with van der Waals surface area (Å²) in [5.41, 5.74) is 3.52. The number of fused-ring (bicyclic) bond motifs is 2. The second-order valence-electron chi connectivity index (χ2n) is 8.44. The Hall–Kier alpha value is -3.58. The van der Waals surface area contributed by atoms with E-state index < -0.39 is 44.5 Å². The number of phenols is 1. The van der Waals surface area contributed by atoms with Gasteiger partial charge in [-0.15, -0.1) is 0 Å². The van der Waals surface area contributed by atoms with Crippen molar-refractivity contribution in [1.29, 1.82) is 0 Å². The highest BCUT2D eigenvalue weighted by Gasteiger charge is 2.39. The van der Waals surface area contributed by atoms with Crippen molar-refractivity contribution in [3.8, 4) is 11.5 Å². The molecule has 2 aromatic rings. The van der Waals surface area contributed by atoms with Gasteiger partial charge in [-0.25, -0.2) is 4.79 Å². The van der Waals surface area contributed by atoms with Gasteiger partial charge in [0.25, 0.3) is 0 Å². The van der Waals surface area contributed by atoms with E-state index in [0.29, 0.717) is 27.6 Å². The van der Waals surface area contributed by atoms with Crippen molar-refractivity contribution in [2.24, 2.45) is 0 Å². The van der Waals surface area contributed by atoms with Crippen molar-refractivity contribution in [2.75, 3.05) is 6.61 Å². The zero-order chi connectivity index (χ0) is 27.4. The highest BCUT2D eigenvalue weighted by atomic mass is 16.7. The molecular weight excluding hydrogens is 490 g/mol. The van der Waals surface area contributed by atoms with E-state index in [9.17, 15) is 29.5 Å². The van der Waals surface area contributed by atoms with E-state index in [-0.39, 0.29) is 30.9 Å². The highest BCUT2D eigenvalue weighted by Crippen LogP contribution is 2.32. The summed E-state index contributed by atoms with van der Waals surface area (Å²) in [6.07, 6.45) is -2.65. The number of ether oxygens (including phenoxy) is 2. The summed E-state index contributed by atoms with van der Waals surface area (Å²) in [7, 11) is -2.40. The zero-order valence-electron chi connectivity index (χ0n) is 20.3. The van der Waals surface area contributed by atoms with Crippen molar-refractivity contribution in [2.45, 2.75) is 45.8 Å². The van der Waals surface area contributed by atoms with Crippen molar-refractivity contribution in [1.82, 2.24) is 0 Å². The summed E-state index contributed by atoms with van der Waals surface area (Å²) in [5, 5.41) is 46.4. The molecule has 0 aromatic heterocycles. The molecule has 0 spiro atoms. The van der Waals surface area contributed by atoms with Crippen molar-refractivity contribution >= 4 is 43.3 Å². The number of carboxylic acids is 2. The van der Waals surface area contributed by atoms with E-state index in [1.54, 1.807) is 26.8 Å². The first kappa shape index (κ1) is 28.0. The molecule has 0 radical (unpaired) electrons. The first-order chi connectivity index (χ1) is 17.4. The zero-order valence-corrected chi connectivity index (χ0v) is 20.3. The predicted octanol–water partition coefficient (Wildman–Crippen LogP) is 0.698. The second-order valence-corrected chi connectivity index (χ2v) is 8.44. The second kappa shape index (κ2) is 11.6. The average molecular weight is 516 g/mol. The summed E-state index contributed by atoms with van der Waals surface area (Å²) in [6, 6.07) is 5.95. The van der Waals surface area contributed by atoms with E-state index in [1.807, 2.05) is 0 Å². The van der Waals surface area contributed by atoms with Gasteiger partial charge in [-0.05, 0) is 78.2 Å². The first-order valence-electron chi connectivity index (χ1n) is 11.3. The van der Waals surface area contributed by atoms with Gasteiger partial charge in [0.05, 0.1) is 31.7 Å². The van der Waals surface area contributed by atoms with Crippen molar-refractivity contribution in [3.05, 3.63) is 46.5 Å². The molecule has 2 unspecified atom stereocenters. The Morgan fingerprint density at radius 3 is 1.84 bits per heavy atom. The maximum Gasteiger partial charge on any atom is 0.513 e. The number of carbonyl (C=O) groups excluding carboxylic acids is 1. The third kappa shape index (κ3) is 6.60. The molecule has 0 aliphatic carbocycles. The van der Waals surface area contributed by atoms with Gasteiger partial charge in [0.2, 0.25) is 0 Å². The highest BCUT2D eigenvalue weighted by molar-refractivity contribution is 6.62. The van der Waals surface area contributed by atoms with E-state index >= 15 is 0 Å². The molecule has 5 N–H and O–H groups in total. The first-order valence-corrected chi connectivity index (χ1v) is 11.3. The van der Waals surface area contributed by atoms with Crippen LogP contribution in [0.5, 0.6) is 11.5 Å². The largest absolute Gasteiger partial charge is 0.513 e. The fourth-order valence-corrected chi connectivity index (χ4v) is 4.40. The third-order valence-electron chi connectivity index (χ3n) is 5.74. The van der Waals surface area contributed by atoms with Crippen LogP contribution in [0.2, 0.25) is 0 Å². The van der Waals surface area contributed by atoms with Gasteiger partial charge in [-0.1, -0.05) is 0 Å². The molecule has 196 valence electrons. The summed E-state index contributed by atoms with van der Waals surface area (Å²) < 4.78 is 20.0. The molecule has 2 atom stereocenters.